The predicted molar refractivity (Wildman–Crippen MR) is 80.3 cm³/mol. The summed E-state index contributed by atoms with van der Waals surface area (Å²) in [5.74, 6) is -0.415. The van der Waals surface area contributed by atoms with Crippen LogP contribution < -0.4 is 0 Å². The molecule has 0 heterocycles. The number of carbonyl (C=O) groups excluding carboxylic acids is 2. The molecule has 0 spiro atoms. The van der Waals surface area contributed by atoms with Crippen molar-refractivity contribution in [2.75, 3.05) is 19.7 Å². The van der Waals surface area contributed by atoms with Gasteiger partial charge in [-0.2, -0.15) is 0 Å². The summed E-state index contributed by atoms with van der Waals surface area (Å²) in [5, 5.41) is 0. The van der Waals surface area contributed by atoms with Crippen LogP contribution >= 0.6 is 0 Å². The molecule has 1 unspecified atom stereocenters. The smallest absolute Gasteiger partial charge is 0.409 e. The highest BCUT2D eigenvalue weighted by Crippen LogP contribution is 2.07. The second kappa shape index (κ2) is 8.29. The van der Waals surface area contributed by atoms with E-state index in [-0.39, 0.29) is 6.61 Å². The molecule has 0 aliphatic carbocycles. The number of amides is 1. The van der Waals surface area contributed by atoms with Crippen molar-refractivity contribution < 1.29 is 19.1 Å². The van der Waals surface area contributed by atoms with Gasteiger partial charge in [0.1, 0.15) is 12.7 Å². The Bertz CT molecular complexity index is 466. The SMILES string of the molecule is CCN(CC)C(=O)OCC(C)OC(=O)c1ccc(C)cc1. The molecule has 21 heavy (non-hydrogen) atoms. The minimum Gasteiger partial charge on any atom is -0.455 e. The van der Waals surface area contributed by atoms with Crippen LogP contribution in [0.3, 0.4) is 0 Å². The third kappa shape index (κ3) is 5.45. The molecule has 1 aromatic carbocycles. The normalized spacial score (nSPS) is 11.6. The molecule has 5 nitrogen and oxygen atoms in total. The largest absolute Gasteiger partial charge is 0.455 e. The lowest BCUT2D eigenvalue weighted by Crippen LogP contribution is -2.33. The molecular weight excluding hydrogens is 270 g/mol. The third-order valence-corrected chi connectivity index (χ3v) is 3.06. The van der Waals surface area contributed by atoms with Gasteiger partial charge in [0.15, 0.2) is 0 Å². The van der Waals surface area contributed by atoms with Crippen LogP contribution in [-0.2, 0) is 9.47 Å². The van der Waals surface area contributed by atoms with E-state index in [1.807, 2.05) is 32.9 Å². The number of rotatable bonds is 6. The average molecular weight is 293 g/mol. The van der Waals surface area contributed by atoms with Gasteiger partial charge in [-0.15, -0.1) is 0 Å². The van der Waals surface area contributed by atoms with Crippen molar-refractivity contribution in [2.24, 2.45) is 0 Å². The highest BCUT2D eigenvalue weighted by molar-refractivity contribution is 5.89. The quantitative estimate of drug-likeness (QED) is 0.757. The number of esters is 1. The summed E-state index contributed by atoms with van der Waals surface area (Å²) in [7, 11) is 0. The highest BCUT2D eigenvalue weighted by Gasteiger charge is 2.16. The molecular formula is C16H23NO4. The molecule has 0 aliphatic heterocycles. The van der Waals surface area contributed by atoms with E-state index in [2.05, 4.69) is 0 Å². The minimum absolute atomic E-state index is 0.0485. The fraction of sp³-hybridized carbons (Fsp3) is 0.500. The summed E-state index contributed by atoms with van der Waals surface area (Å²) < 4.78 is 10.4. The summed E-state index contributed by atoms with van der Waals surface area (Å²) in [6.45, 7) is 8.63. The Hall–Kier alpha value is -2.04. The van der Waals surface area contributed by atoms with Gasteiger partial charge >= 0.3 is 12.1 Å². The highest BCUT2D eigenvalue weighted by atomic mass is 16.6. The zero-order chi connectivity index (χ0) is 15.8. The van der Waals surface area contributed by atoms with Gasteiger partial charge in [-0.25, -0.2) is 9.59 Å². The first kappa shape index (κ1) is 17.0. The van der Waals surface area contributed by atoms with Crippen molar-refractivity contribution in [1.82, 2.24) is 4.90 Å². The molecule has 116 valence electrons. The van der Waals surface area contributed by atoms with Crippen LogP contribution in [0, 0.1) is 6.92 Å². The summed E-state index contributed by atoms with van der Waals surface area (Å²) >= 11 is 0. The van der Waals surface area contributed by atoms with Crippen LogP contribution in [-0.4, -0.2) is 42.8 Å². The second-order valence-electron chi connectivity index (χ2n) is 4.83. The first-order chi connectivity index (χ1) is 9.97. The predicted octanol–water partition coefficient (Wildman–Crippen LogP) is 3.02. The lowest BCUT2D eigenvalue weighted by molar-refractivity contribution is 0.0103. The van der Waals surface area contributed by atoms with Gasteiger partial charge in [0.05, 0.1) is 5.56 Å². The number of benzene rings is 1. The molecule has 0 aromatic heterocycles. The lowest BCUT2D eigenvalue weighted by atomic mass is 10.1. The Morgan fingerprint density at radius 3 is 2.24 bits per heavy atom. The molecule has 5 heteroatoms. The van der Waals surface area contributed by atoms with Crippen LogP contribution in [0.15, 0.2) is 24.3 Å². The Morgan fingerprint density at radius 1 is 1.14 bits per heavy atom. The molecule has 1 rings (SSSR count). The van der Waals surface area contributed by atoms with Crippen LogP contribution in [0.4, 0.5) is 4.79 Å². The number of hydrogen-bond acceptors (Lipinski definition) is 4. The topological polar surface area (TPSA) is 55.8 Å². The summed E-state index contributed by atoms with van der Waals surface area (Å²) in [6.07, 6.45) is -0.878. The monoisotopic (exact) mass is 293 g/mol. The molecule has 0 bridgehead atoms. The van der Waals surface area contributed by atoms with Crippen molar-refractivity contribution in [1.29, 1.82) is 0 Å². The molecule has 1 amide bonds. The van der Waals surface area contributed by atoms with E-state index in [1.165, 1.54) is 0 Å². The first-order valence-corrected chi connectivity index (χ1v) is 7.17. The van der Waals surface area contributed by atoms with E-state index < -0.39 is 18.2 Å². The van der Waals surface area contributed by atoms with E-state index >= 15 is 0 Å². The second-order valence-corrected chi connectivity index (χ2v) is 4.83. The van der Waals surface area contributed by atoms with Crippen LogP contribution in [0.25, 0.3) is 0 Å². The van der Waals surface area contributed by atoms with Crippen LogP contribution in [0.1, 0.15) is 36.7 Å². The molecule has 1 atom stereocenters. The van der Waals surface area contributed by atoms with Crippen LogP contribution in [0.5, 0.6) is 0 Å². The maximum absolute atomic E-state index is 11.9. The fourth-order valence-corrected chi connectivity index (χ4v) is 1.74. The Morgan fingerprint density at radius 2 is 1.71 bits per heavy atom. The van der Waals surface area contributed by atoms with Crippen molar-refractivity contribution in [2.45, 2.75) is 33.8 Å². The van der Waals surface area contributed by atoms with Crippen molar-refractivity contribution >= 4 is 12.1 Å². The number of hydrogen-bond donors (Lipinski definition) is 0. The van der Waals surface area contributed by atoms with E-state index in [4.69, 9.17) is 9.47 Å². The van der Waals surface area contributed by atoms with Crippen LogP contribution in [0.2, 0.25) is 0 Å². The molecule has 0 radical (unpaired) electrons. The molecule has 0 saturated heterocycles. The lowest BCUT2D eigenvalue weighted by Gasteiger charge is -2.20. The Kier molecular flexibility index (Phi) is 6.72. The molecule has 1 aromatic rings. The molecule has 0 N–H and O–H groups in total. The minimum atomic E-state index is -0.488. The Balaban J connectivity index is 2.43. The number of nitrogens with zero attached hydrogens (tertiary/aromatic N) is 1. The number of ether oxygens (including phenoxy) is 2. The van der Waals surface area contributed by atoms with E-state index in [0.717, 1.165) is 5.56 Å². The third-order valence-electron chi connectivity index (χ3n) is 3.06. The molecule has 0 fully saturated rings. The molecule has 0 saturated carbocycles. The van der Waals surface area contributed by atoms with Crippen molar-refractivity contribution in [3.8, 4) is 0 Å². The zero-order valence-electron chi connectivity index (χ0n) is 13.1. The summed E-state index contributed by atoms with van der Waals surface area (Å²) in [4.78, 5) is 25.1. The first-order valence-electron chi connectivity index (χ1n) is 7.17. The van der Waals surface area contributed by atoms with E-state index in [0.29, 0.717) is 18.7 Å². The van der Waals surface area contributed by atoms with Gasteiger partial charge in [0.2, 0.25) is 0 Å². The van der Waals surface area contributed by atoms with E-state index in [1.54, 1.807) is 24.0 Å². The average Bonchev–Trinajstić information content (AvgIpc) is 2.47. The maximum atomic E-state index is 11.9. The zero-order valence-corrected chi connectivity index (χ0v) is 13.1. The van der Waals surface area contributed by atoms with Crippen molar-refractivity contribution in [3.05, 3.63) is 35.4 Å². The number of carbonyl (C=O) groups is 2. The number of aryl methyl sites for hydroxylation is 1. The van der Waals surface area contributed by atoms with Gasteiger partial charge in [-0.3, -0.25) is 0 Å². The maximum Gasteiger partial charge on any atom is 0.409 e. The van der Waals surface area contributed by atoms with Gasteiger partial charge < -0.3 is 14.4 Å². The van der Waals surface area contributed by atoms with E-state index in [9.17, 15) is 9.59 Å². The fourth-order valence-electron chi connectivity index (χ4n) is 1.74. The van der Waals surface area contributed by atoms with Gasteiger partial charge in [-0.1, -0.05) is 17.7 Å². The van der Waals surface area contributed by atoms with Gasteiger partial charge in [-0.05, 0) is 39.8 Å². The summed E-state index contributed by atoms with van der Waals surface area (Å²) in [6, 6.07) is 7.13. The molecule has 0 aliphatic rings. The standard InChI is InChI=1S/C16H23NO4/c1-5-17(6-2)16(19)20-11-13(4)21-15(18)14-9-7-12(3)8-10-14/h7-10,13H,5-6,11H2,1-4H3. The van der Waals surface area contributed by atoms with Gasteiger partial charge in [0.25, 0.3) is 0 Å². The van der Waals surface area contributed by atoms with Gasteiger partial charge in [0, 0.05) is 13.1 Å². The Labute approximate surface area is 125 Å². The summed E-state index contributed by atoms with van der Waals surface area (Å²) in [5.41, 5.74) is 1.57. The van der Waals surface area contributed by atoms with Crippen molar-refractivity contribution in [3.63, 3.8) is 0 Å².